The van der Waals surface area contributed by atoms with Crippen LogP contribution < -0.4 is 10.6 Å². The summed E-state index contributed by atoms with van der Waals surface area (Å²) in [6, 6.07) is 4.47. The van der Waals surface area contributed by atoms with E-state index in [9.17, 15) is 19.7 Å². The van der Waals surface area contributed by atoms with Crippen molar-refractivity contribution in [2.45, 2.75) is 19.4 Å². The Bertz CT molecular complexity index is 500. The summed E-state index contributed by atoms with van der Waals surface area (Å²) in [5, 5.41) is 23.8. The molecule has 2 amide bonds. The standard InChI is InChI=1S/C12H15N3O5/c1-8(11(16)17)14-12(18)13-7-6-9-2-4-10(5-3-9)15(19)20/h2-5,8H,6-7H2,1H3,(H,16,17)(H2,13,14,18). The van der Waals surface area contributed by atoms with Crippen molar-refractivity contribution in [3.63, 3.8) is 0 Å². The fourth-order valence-electron chi connectivity index (χ4n) is 1.41. The van der Waals surface area contributed by atoms with Gasteiger partial charge in [-0.25, -0.2) is 4.79 Å². The van der Waals surface area contributed by atoms with Gasteiger partial charge in [0, 0.05) is 18.7 Å². The maximum absolute atomic E-state index is 11.3. The third-order valence-corrected chi connectivity index (χ3v) is 2.56. The number of urea groups is 1. The number of rotatable bonds is 6. The van der Waals surface area contributed by atoms with Crippen LogP contribution >= 0.6 is 0 Å². The molecule has 0 aliphatic heterocycles. The molecule has 1 aromatic carbocycles. The molecule has 0 aliphatic carbocycles. The summed E-state index contributed by atoms with van der Waals surface area (Å²) in [4.78, 5) is 31.8. The summed E-state index contributed by atoms with van der Waals surface area (Å²) in [6.45, 7) is 1.66. The Kier molecular flexibility index (Phi) is 5.45. The minimum atomic E-state index is -1.12. The zero-order chi connectivity index (χ0) is 15.1. The second-order valence-electron chi connectivity index (χ2n) is 4.13. The average molecular weight is 281 g/mol. The third kappa shape index (κ3) is 4.92. The number of carbonyl (C=O) groups excluding carboxylic acids is 1. The Labute approximate surface area is 114 Å². The smallest absolute Gasteiger partial charge is 0.325 e. The molecule has 0 saturated heterocycles. The summed E-state index contributed by atoms with van der Waals surface area (Å²) in [5.74, 6) is -1.12. The van der Waals surface area contributed by atoms with E-state index in [1.807, 2.05) is 0 Å². The van der Waals surface area contributed by atoms with Gasteiger partial charge in [-0.1, -0.05) is 12.1 Å². The lowest BCUT2D eigenvalue weighted by molar-refractivity contribution is -0.384. The average Bonchev–Trinajstić information content (AvgIpc) is 2.39. The van der Waals surface area contributed by atoms with Gasteiger partial charge < -0.3 is 15.7 Å². The zero-order valence-corrected chi connectivity index (χ0v) is 10.8. The van der Waals surface area contributed by atoms with E-state index < -0.39 is 23.0 Å². The highest BCUT2D eigenvalue weighted by atomic mass is 16.6. The molecular formula is C12H15N3O5. The number of carboxylic acids is 1. The van der Waals surface area contributed by atoms with Gasteiger partial charge in [-0.05, 0) is 18.9 Å². The predicted molar refractivity (Wildman–Crippen MR) is 70.4 cm³/mol. The van der Waals surface area contributed by atoms with E-state index >= 15 is 0 Å². The summed E-state index contributed by atoms with van der Waals surface area (Å²) in [5.41, 5.74) is 0.844. The van der Waals surface area contributed by atoms with E-state index in [0.717, 1.165) is 5.56 Å². The van der Waals surface area contributed by atoms with Crippen molar-refractivity contribution in [3.8, 4) is 0 Å². The van der Waals surface area contributed by atoms with E-state index in [1.165, 1.54) is 19.1 Å². The van der Waals surface area contributed by atoms with Crippen LogP contribution in [0.4, 0.5) is 10.5 Å². The molecule has 20 heavy (non-hydrogen) atoms. The number of nitro groups is 1. The SMILES string of the molecule is CC(NC(=O)NCCc1ccc([N+](=O)[O-])cc1)C(=O)O. The second kappa shape index (κ2) is 7.07. The molecule has 8 nitrogen and oxygen atoms in total. The van der Waals surface area contributed by atoms with Gasteiger partial charge in [0.05, 0.1) is 4.92 Å². The summed E-state index contributed by atoms with van der Waals surface area (Å²) in [7, 11) is 0. The lowest BCUT2D eigenvalue weighted by Crippen LogP contribution is -2.44. The van der Waals surface area contributed by atoms with E-state index in [0.29, 0.717) is 13.0 Å². The van der Waals surface area contributed by atoms with Gasteiger partial charge in [0.25, 0.3) is 5.69 Å². The van der Waals surface area contributed by atoms with Gasteiger partial charge in [-0.2, -0.15) is 0 Å². The molecule has 0 fully saturated rings. The molecule has 8 heteroatoms. The number of nitrogens with one attached hydrogen (secondary N) is 2. The van der Waals surface area contributed by atoms with Crippen LogP contribution in [0.2, 0.25) is 0 Å². The number of amides is 2. The number of aliphatic carboxylic acids is 1. The van der Waals surface area contributed by atoms with Gasteiger partial charge in [-0.15, -0.1) is 0 Å². The number of nitrogens with zero attached hydrogens (tertiary/aromatic N) is 1. The first-order valence-corrected chi connectivity index (χ1v) is 5.90. The number of carboxylic acid groups (broad SMARTS) is 1. The lowest BCUT2D eigenvalue weighted by Gasteiger charge is -2.10. The van der Waals surface area contributed by atoms with Gasteiger partial charge in [-0.3, -0.25) is 14.9 Å². The van der Waals surface area contributed by atoms with Gasteiger partial charge in [0.2, 0.25) is 0 Å². The van der Waals surface area contributed by atoms with E-state index in [-0.39, 0.29) is 5.69 Å². The number of carbonyl (C=O) groups is 2. The van der Waals surface area contributed by atoms with E-state index in [4.69, 9.17) is 5.11 Å². The van der Waals surface area contributed by atoms with Crippen molar-refractivity contribution >= 4 is 17.7 Å². The van der Waals surface area contributed by atoms with Crippen molar-refractivity contribution in [1.82, 2.24) is 10.6 Å². The Morgan fingerprint density at radius 3 is 2.45 bits per heavy atom. The number of hydrogen-bond acceptors (Lipinski definition) is 4. The highest BCUT2D eigenvalue weighted by Gasteiger charge is 2.13. The van der Waals surface area contributed by atoms with Gasteiger partial charge >= 0.3 is 12.0 Å². The molecule has 108 valence electrons. The Morgan fingerprint density at radius 1 is 1.35 bits per heavy atom. The molecule has 1 atom stereocenters. The largest absolute Gasteiger partial charge is 0.480 e. The van der Waals surface area contributed by atoms with Crippen molar-refractivity contribution in [3.05, 3.63) is 39.9 Å². The van der Waals surface area contributed by atoms with Crippen LogP contribution in [0.3, 0.4) is 0 Å². The molecule has 0 saturated carbocycles. The molecule has 0 radical (unpaired) electrons. The highest BCUT2D eigenvalue weighted by molar-refractivity contribution is 5.82. The first-order chi connectivity index (χ1) is 9.40. The summed E-state index contributed by atoms with van der Waals surface area (Å²) < 4.78 is 0. The van der Waals surface area contributed by atoms with Crippen LogP contribution in [-0.4, -0.2) is 34.6 Å². The van der Waals surface area contributed by atoms with Crippen LogP contribution in [0.1, 0.15) is 12.5 Å². The second-order valence-corrected chi connectivity index (χ2v) is 4.13. The van der Waals surface area contributed by atoms with Crippen molar-refractivity contribution in [2.24, 2.45) is 0 Å². The minimum absolute atomic E-state index is 0.00901. The third-order valence-electron chi connectivity index (χ3n) is 2.56. The number of non-ortho nitro benzene ring substituents is 1. The van der Waals surface area contributed by atoms with Crippen molar-refractivity contribution in [1.29, 1.82) is 0 Å². The quantitative estimate of drug-likeness (QED) is 0.528. The number of hydrogen-bond donors (Lipinski definition) is 3. The summed E-state index contributed by atoms with van der Waals surface area (Å²) >= 11 is 0. The van der Waals surface area contributed by atoms with Crippen LogP contribution in [0.15, 0.2) is 24.3 Å². The first kappa shape index (κ1) is 15.4. The van der Waals surface area contributed by atoms with E-state index in [1.54, 1.807) is 12.1 Å². The van der Waals surface area contributed by atoms with Crippen LogP contribution in [0.5, 0.6) is 0 Å². The fraction of sp³-hybridized carbons (Fsp3) is 0.333. The van der Waals surface area contributed by atoms with Gasteiger partial charge in [0.1, 0.15) is 6.04 Å². The fourth-order valence-corrected chi connectivity index (χ4v) is 1.41. The maximum Gasteiger partial charge on any atom is 0.325 e. The Hall–Kier alpha value is -2.64. The van der Waals surface area contributed by atoms with Crippen molar-refractivity contribution in [2.75, 3.05) is 6.54 Å². The highest BCUT2D eigenvalue weighted by Crippen LogP contribution is 2.11. The zero-order valence-electron chi connectivity index (χ0n) is 10.8. The lowest BCUT2D eigenvalue weighted by atomic mass is 10.1. The molecule has 0 aliphatic rings. The molecule has 0 spiro atoms. The molecule has 1 unspecified atom stereocenters. The van der Waals surface area contributed by atoms with Crippen LogP contribution in [0.25, 0.3) is 0 Å². The molecule has 1 aromatic rings. The normalized spacial score (nSPS) is 11.4. The summed E-state index contributed by atoms with van der Waals surface area (Å²) in [6.07, 6.45) is 0.493. The van der Waals surface area contributed by atoms with Crippen molar-refractivity contribution < 1.29 is 19.6 Å². The van der Waals surface area contributed by atoms with Crippen LogP contribution in [0, 0.1) is 10.1 Å². The van der Waals surface area contributed by atoms with Gasteiger partial charge in [0.15, 0.2) is 0 Å². The van der Waals surface area contributed by atoms with Crippen LogP contribution in [-0.2, 0) is 11.2 Å². The molecule has 0 bridgehead atoms. The molecule has 0 heterocycles. The Morgan fingerprint density at radius 2 is 1.95 bits per heavy atom. The van der Waals surface area contributed by atoms with E-state index in [2.05, 4.69) is 10.6 Å². The number of benzene rings is 1. The molecule has 3 N–H and O–H groups in total. The monoisotopic (exact) mass is 281 g/mol. The maximum atomic E-state index is 11.3. The predicted octanol–water partition coefficient (Wildman–Crippen LogP) is 0.910. The molecule has 0 aromatic heterocycles. The number of nitro benzene ring substituents is 1. The Balaban J connectivity index is 2.35. The molecule has 1 rings (SSSR count). The molecular weight excluding hydrogens is 266 g/mol. The minimum Gasteiger partial charge on any atom is -0.480 e. The first-order valence-electron chi connectivity index (χ1n) is 5.90. The topological polar surface area (TPSA) is 122 Å².